The van der Waals surface area contributed by atoms with E-state index in [0.29, 0.717) is 19.3 Å². The number of benzene rings is 1. The summed E-state index contributed by atoms with van der Waals surface area (Å²) in [6.07, 6.45) is 2.80. The minimum atomic E-state index is 0.420. The van der Waals surface area contributed by atoms with E-state index < -0.39 is 0 Å². The van der Waals surface area contributed by atoms with Crippen LogP contribution in [0.25, 0.3) is 0 Å². The summed E-state index contributed by atoms with van der Waals surface area (Å²) in [6, 6.07) is 12.7. The summed E-state index contributed by atoms with van der Waals surface area (Å²) in [6.45, 7) is 4.37. The number of nitrogens with zero attached hydrogens (tertiary/aromatic N) is 2. The average Bonchev–Trinajstić information content (AvgIpc) is 2.55. The smallest absolute Gasteiger partial charge is 0.161 e. The Labute approximate surface area is 131 Å². The van der Waals surface area contributed by atoms with Crippen molar-refractivity contribution < 1.29 is 9.47 Å². The lowest BCUT2D eigenvalue weighted by molar-refractivity contribution is 0.171. The number of hydrogen-bond donors (Lipinski definition) is 0. The Morgan fingerprint density at radius 1 is 1.14 bits per heavy atom. The third-order valence-corrected chi connectivity index (χ3v) is 4.02. The highest BCUT2D eigenvalue weighted by Crippen LogP contribution is 2.31. The Bertz CT molecular complexity index is 616. The fourth-order valence-electron chi connectivity index (χ4n) is 2.61. The molecule has 0 spiro atoms. The van der Waals surface area contributed by atoms with Crippen molar-refractivity contribution in [1.29, 1.82) is 0 Å². The monoisotopic (exact) mass is 298 g/mol. The van der Waals surface area contributed by atoms with E-state index in [0.717, 1.165) is 30.2 Å². The van der Waals surface area contributed by atoms with Gasteiger partial charge in [-0.2, -0.15) is 0 Å². The molecule has 4 heteroatoms. The van der Waals surface area contributed by atoms with Gasteiger partial charge in [-0.05, 0) is 43.8 Å². The molecular weight excluding hydrogens is 276 g/mol. The van der Waals surface area contributed by atoms with Crippen LogP contribution in [0, 0.1) is 0 Å². The first-order valence-corrected chi connectivity index (χ1v) is 7.71. The first-order chi connectivity index (χ1) is 10.7. The minimum absolute atomic E-state index is 0.420. The SMILES string of the molecule is C[C@@H](Cc1ccccn1)N(C)Cc1ccc2c(c1)OCCO2. The molecular formula is C18H22N2O2. The predicted molar refractivity (Wildman–Crippen MR) is 86.3 cm³/mol. The number of rotatable bonds is 5. The second-order valence-corrected chi connectivity index (χ2v) is 5.77. The van der Waals surface area contributed by atoms with E-state index in [-0.39, 0.29) is 0 Å². The van der Waals surface area contributed by atoms with Crippen LogP contribution in [0.2, 0.25) is 0 Å². The van der Waals surface area contributed by atoms with Gasteiger partial charge < -0.3 is 9.47 Å². The molecule has 1 aromatic heterocycles. The molecule has 0 fully saturated rings. The van der Waals surface area contributed by atoms with Gasteiger partial charge in [-0.3, -0.25) is 9.88 Å². The van der Waals surface area contributed by atoms with Crippen molar-refractivity contribution >= 4 is 0 Å². The Morgan fingerprint density at radius 2 is 1.95 bits per heavy atom. The van der Waals surface area contributed by atoms with Crippen molar-refractivity contribution in [2.24, 2.45) is 0 Å². The lowest BCUT2D eigenvalue weighted by Crippen LogP contribution is -2.30. The lowest BCUT2D eigenvalue weighted by Gasteiger charge is -2.25. The number of hydrogen-bond acceptors (Lipinski definition) is 4. The maximum Gasteiger partial charge on any atom is 0.161 e. The van der Waals surface area contributed by atoms with Crippen molar-refractivity contribution in [2.45, 2.75) is 25.9 Å². The van der Waals surface area contributed by atoms with E-state index in [1.165, 1.54) is 5.56 Å². The molecule has 0 bridgehead atoms. The minimum Gasteiger partial charge on any atom is -0.486 e. The molecule has 0 aliphatic carbocycles. The van der Waals surface area contributed by atoms with Gasteiger partial charge in [0.1, 0.15) is 13.2 Å². The molecule has 3 rings (SSSR count). The fraction of sp³-hybridized carbons (Fsp3) is 0.389. The lowest BCUT2D eigenvalue weighted by atomic mass is 10.1. The molecule has 1 aromatic carbocycles. The van der Waals surface area contributed by atoms with Crippen LogP contribution < -0.4 is 9.47 Å². The Balaban J connectivity index is 1.62. The largest absolute Gasteiger partial charge is 0.486 e. The number of likely N-dealkylation sites (N-methyl/N-ethyl adjacent to an activating group) is 1. The molecule has 4 nitrogen and oxygen atoms in total. The van der Waals surface area contributed by atoms with Gasteiger partial charge in [-0.15, -0.1) is 0 Å². The van der Waals surface area contributed by atoms with E-state index >= 15 is 0 Å². The highest BCUT2D eigenvalue weighted by molar-refractivity contribution is 5.43. The van der Waals surface area contributed by atoms with E-state index in [2.05, 4.69) is 42.1 Å². The molecule has 2 aromatic rings. The van der Waals surface area contributed by atoms with Crippen LogP contribution in [-0.4, -0.2) is 36.2 Å². The Morgan fingerprint density at radius 3 is 2.73 bits per heavy atom. The Hall–Kier alpha value is -2.07. The number of ether oxygens (including phenoxy) is 2. The highest BCUT2D eigenvalue weighted by atomic mass is 16.6. The van der Waals surface area contributed by atoms with Crippen LogP contribution >= 0.6 is 0 Å². The van der Waals surface area contributed by atoms with Crippen LogP contribution in [0.3, 0.4) is 0 Å². The van der Waals surface area contributed by atoms with Crippen molar-refractivity contribution in [3.63, 3.8) is 0 Å². The molecule has 1 atom stereocenters. The van der Waals surface area contributed by atoms with Gasteiger partial charge in [0.15, 0.2) is 11.5 Å². The van der Waals surface area contributed by atoms with Crippen molar-refractivity contribution in [2.75, 3.05) is 20.3 Å². The van der Waals surface area contributed by atoms with Crippen LogP contribution in [0.5, 0.6) is 11.5 Å². The van der Waals surface area contributed by atoms with E-state index in [4.69, 9.17) is 9.47 Å². The van der Waals surface area contributed by atoms with Crippen molar-refractivity contribution in [3.8, 4) is 11.5 Å². The van der Waals surface area contributed by atoms with Gasteiger partial charge in [-0.25, -0.2) is 0 Å². The van der Waals surface area contributed by atoms with Gasteiger partial charge in [0.25, 0.3) is 0 Å². The molecule has 0 saturated carbocycles. The third kappa shape index (κ3) is 3.57. The standard InChI is InChI=1S/C18H22N2O2/c1-14(11-16-5-3-4-8-19-16)20(2)13-15-6-7-17-18(12-15)22-10-9-21-17/h3-8,12,14H,9-11,13H2,1-2H3/t14-/m0/s1. The van der Waals surface area contributed by atoms with E-state index in [1.807, 2.05) is 24.4 Å². The normalized spacial score (nSPS) is 14.9. The van der Waals surface area contributed by atoms with Gasteiger partial charge >= 0.3 is 0 Å². The van der Waals surface area contributed by atoms with Crippen LogP contribution in [-0.2, 0) is 13.0 Å². The zero-order valence-electron chi connectivity index (χ0n) is 13.2. The molecule has 0 N–H and O–H groups in total. The number of fused-ring (bicyclic) bond motifs is 1. The predicted octanol–water partition coefficient (Wildman–Crippen LogP) is 2.92. The van der Waals surface area contributed by atoms with Crippen LogP contribution in [0.15, 0.2) is 42.6 Å². The molecule has 0 radical (unpaired) electrons. The summed E-state index contributed by atoms with van der Waals surface area (Å²) in [5, 5.41) is 0. The topological polar surface area (TPSA) is 34.6 Å². The fourth-order valence-corrected chi connectivity index (χ4v) is 2.61. The van der Waals surface area contributed by atoms with Crippen LogP contribution in [0.1, 0.15) is 18.2 Å². The maximum absolute atomic E-state index is 5.65. The highest BCUT2D eigenvalue weighted by Gasteiger charge is 2.15. The molecule has 22 heavy (non-hydrogen) atoms. The molecule has 2 heterocycles. The summed E-state index contributed by atoms with van der Waals surface area (Å²) >= 11 is 0. The first kappa shape index (κ1) is 14.9. The molecule has 0 amide bonds. The van der Waals surface area contributed by atoms with Gasteiger partial charge in [-0.1, -0.05) is 12.1 Å². The first-order valence-electron chi connectivity index (χ1n) is 7.71. The van der Waals surface area contributed by atoms with Gasteiger partial charge in [0.05, 0.1) is 0 Å². The van der Waals surface area contributed by atoms with Gasteiger partial charge in [0.2, 0.25) is 0 Å². The van der Waals surface area contributed by atoms with Gasteiger partial charge in [0, 0.05) is 30.9 Å². The number of pyridine rings is 1. The zero-order chi connectivity index (χ0) is 15.4. The summed E-state index contributed by atoms with van der Waals surface area (Å²) in [5.41, 5.74) is 2.36. The maximum atomic E-state index is 5.65. The van der Waals surface area contributed by atoms with Crippen LogP contribution in [0.4, 0.5) is 0 Å². The second-order valence-electron chi connectivity index (χ2n) is 5.77. The number of aromatic nitrogens is 1. The van der Waals surface area contributed by atoms with Crippen molar-refractivity contribution in [1.82, 2.24) is 9.88 Å². The summed E-state index contributed by atoms with van der Waals surface area (Å²) in [5.74, 6) is 1.70. The molecule has 0 saturated heterocycles. The summed E-state index contributed by atoms with van der Waals surface area (Å²) in [4.78, 5) is 6.74. The van der Waals surface area contributed by atoms with Crippen molar-refractivity contribution in [3.05, 3.63) is 53.9 Å². The van der Waals surface area contributed by atoms with E-state index in [1.54, 1.807) is 0 Å². The third-order valence-electron chi connectivity index (χ3n) is 4.02. The summed E-state index contributed by atoms with van der Waals surface area (Å²) < 4.78 is 11.2. The zero-order valence-corrected chi connectivity index (χ0v) is 13.2. The molecule has 1 aliphatic heterocycles. The Kier molecular flexibility index (Phi) is 4.59. The quantitative estimate of drug-likeness (QED) is 0.850. The average molecular weight is 298 g/mol. The van der Waals surface area contributed by atoms with E-state index in [9.17, 15) is 0 Å². The molecule has 1 aliphatic rings. The second kappa shape index (κ2) is 6.79. The summed E-state index contributed by atoms with van der Waals surface area (Å²) in [7, 11) is 2.14. The molecule has 116 valence electrons. The molecule has 0 unspecified atom stereocenters.